The normalized spacial score (nSPS) is 15.4. The van der Waals surface area contributed by atoms with Crippen molar-refractivity contribution in [3.05, 3.63) is 75.5 Å². The largest absolute Gasteiger partial charge is 0.337 e. The molecule has 5 heteroatoms. The summed E-state index contributed by atoms with van der Waals surface area (Å²) >= 11 is 1.67. The second-order valence-corrected chi connectivity index (χ2v) is 8.32. The van der Waals surface area contributed by atoms with Gasteiger partial charge in [0.2, 0.25) is 0 Å². The fourth-order valence-corrected chi connectivity index (χ4v) is 4.91. The SMILES string of the molecule is Cn1ccnc1[C@H](NC(=O)c1cc2c(s1)CCCCCC2)c1ccccc1. The van der Waals surface area contributed by atoms with Gasteiger partial charge in [0, 0.05) is 24.3 Å². The molecule has 1 aliphatic carbocycles. The van der Waals surface area contributed by atoms with Crippen LogP contribution in [0.1, 0.15) is 63.2 Å². The third-order valence-electron chi connectivity index (χ3n) is 5.25. The van der Waals surface area contributed by atoms with Crippen molar-refractivity contribution in [2.24, 2.45) is 7.05 Å². The first-order valence-electron chi connectivity index (χ1n) is 9.67. The fourth-order valence-electron chi connectivity index (χ4n) is 3.76. The molecule has 0 spiro atoms. The van der Waals surface area contributed by atoms with Crippen LogP contribution in [0.5, 0.6) is 0 Å². The van der Waals surface area contributed by atoms with E-state index in [4.69, 9.17) is 0 Å². The molecule has 4 rings (SSSR count). The number of aromatic nitrogens is 2. The van der Waals surface area contributed by atoms with E-state index >= 15 is 0 Å². The van der Waals surface area contributed by atoms with Crippen LogP contribution in [0.25, 0.3) is 0 Å². The minimum absolute atomic E-state index is 0.0106. The summed E-state index contributed by atoms with van der Waals surface area (Å²) in [5.74, 6) is 0.827. The van der Waals surface area contributed by atoms with E-state index in [-0.39, 0.29) is 11.9 Å². The van der Waals surface area contributed by atoms with E-state index in [1.54, 1.807) is 17.5 Å². The van der Waals surface area contributed by atoms with E-state index in [1.807, 2.05) is 48.1 Å². The number of nitrogens with one attached hydrogen (secondary N) is 1. The third-order valence-corrected chi connectivity index (χ3v) is 6.48. The molecule has 1 atom stereocenters. The van der Waals surface area contributed by atoms with Crippen molar-refractivity contribution in [1.82, 2.24) is 14.9 Å². The van der Waals surface area contributed by atoms with Gasteiger partial charge >= 0.3 is 0 Å². The summed E-state index contributed by atoms with van der Waals surface area (Å²) in [5.41, 5.74) is 2.41. The van der Waals surface area contributed by atoms with Crippen LogP contribution in [0.15, 0.2) is 48.8 Å². The van der Waals surface area contributed by atoms with E-state index in [1.165, 1.54) is 36.1 Å². The van der Waals surface area contributed by atoms with Crippen molar-refractivity contribution in [2.45, 2.75) is 44.6 Å². The molecule has 27 heavy (non-hydrogen) atoms. The lowest BCUT2D eigenvalue weighted by atomic mass is 9.99. The number of rotatable bonds is 4. The van der Waals surface area contributed by atoms with Crippen LogP contribution in [0.4, 0.5) is 0 Å². The van der Waals surface area contributed by atoms with Crippen LogP contribution in [-0.2, 0) is 19.9 Å². The maximum absolute atomic E-state index is 13.1. The second-order valence-electron chi connectivity index (χ2n) is 7.19. The van der Waals surface area contributed by atoms with Gasteiger partial charge in [-0.05, 0) is 42.9 Å². The first kappa shape index (κ1) is 18.0. The van der Waals surface area contributed by atoms with Crippen molar-refractivity contribution in [3.63, 3.8) is 0 Å². The maximum atomic E-state index is 13.1. The zero-order valence-electron chi connectivity index (χ0n) is 15.6. The Labute approximate surface area is 164 Å². The molecule has 1 amide bonds. The number of carbonyl (C=O) groups excluding carboxylic acids is 1. The molecule has 2 heterocycles. The van der Waals surface area contributed by atoms with Crippen molar-refractivity contribution >= 4 is 17.2 Å². The molecule has 0 saturated heterocycles. The second kappa shape index (κ2) is 8.09. The van der Waals surface area contributed by atoms with E-state index in [9.17, 15) is 4.79 Å². The van der Waals surface area contributed by atoms with Crippen molar-refractivity contribution < 1.29 is 4.79 Å². The summed E-state index contributed by atoms with van der Waals surface area (Å²) in [4.78, 5) is 19.8. The van der Waals surface area contributed by atoms with Gasteiger partial charge in [-0.15, -0.1) is 11.3 Å². The summed E-state index contributed by atoms with van der Waals surface area (Å²) in [5, 5.41) is 3.22. The van der Waals surface area contributed by atoms with E-state index in [0.29, 0.717) is 0 Å². The Morgan fingerprint density at radius 1 is 1.15 bits per heavy atom. The highest BCUT2D eigenvalue weighted by Gasteiger charge is 2.23. The molecule has 1 N–H and O–H groups in total. The van der Waals surface area contributed by atoms with Crippen molar-refractivity contribution in [3.8, 4) is 0 Å². The van der Waals surface area contributed by atoms with Gasteiger partial charge < -0.3 is 9.88 Å². The third kappa shape index (κ3) is 3.98. The number of fused-ring (bicyclic) bond motifs is 1. The summed E-state index contributed by atoms with van der Waals surface area (Å²) in [6.45, 7) is 0. The smallest absolute Gasteiger partial charge is 0.262 e. The molecule has 3 aromatic rings. The molecule has 1 aromatic carbocycles. The topological polar surface area (TPSA) is 46.9 Å². The number of hydrogen-bond donors (Lipinski definition) is 1. The summed E-state index contributed by atoms with van der Waals surface area (Å²) in [6, 6.07) is 11.9. The molecule has 0 unspecified atom stereocenters. The van der Waals surface area contributed by atoms with Gasteiger partial charge in [0.05, 0.1) is 4.88 Å². The molecule has 2 aromatic heterocycles. The van der Waals surface area contributed by atoms with Gasteiger partial charge in [-0.25, -0.2) is 4.98 Å². The Morgan fingerprint density at radius 2 is 1.93 bits per heavy atom. The highest BCUT2D eigenvalue weighted by Crippen LogP contribution is 2.29. The van der Waals surface area contributed by atoms with Crippen molar-refractivity contribution in [2.75, 3.05) is 0 Å². The number of nitrogens with zero attached hydrogens (tertiary/aromatic N) is 2. The first-order valence-corrected chi connectivity index (χ1v) is 10.5. The number of carbonyl (C=O) groups is 1. The van der Waals surface area contributed by atoms with E-state index in [0.717, 1.165) is 29.1 Å². The Morgan fingerprint density at radius 3 is 2.67 bits per heavy atom. The van der Waals surface area contributed by atoms with Gasteiger partial charge in [-0.1, -0.05) is 43.2 Å². The van der Waals surface area contributed by atoms with Gasteiger partial charge in [0.15, 0.2) is 0 Å². The lowest BCUT2D eigenvalue weighted by molar-refractivity contribution is 0.0945. The molecule has 0 aliphatic heterocycles. The highest BCUT2D eigenvalue weighted by atomic mass is 32.1. The van der Waals surface area contributed by atoms with Crippen molar-refractivity contribution in [1.29, 1.82) is 0 Å². The van der Waals surface area contributed by atoms with Crippen LogP contribution in [0, 0.1) is 0 Å². The molecule has 4 nitrogen and oxygen atoms in total. The summed E-state index contributed by atoms with van der Waals surface area (Å²) in [6.07, 6.45) is 10.9. The quantitative estimate of drug-likeness (QED) is 0.717. The van der Waals surface area contributed by atoms with Crippen LogP contribution in [0.2, 0.25) is 0 Å². The van der Waals surface area contributed by atoms with E-state index in [2.05, 4.69) is 16.4 Å². The predicted molar refractivity (Wildman–Crippen MR) is 109 cm³/mol. The van der Waals surface area contributed by atoms with Gasteiger partial charge in [-0.2, -0.15) is 0 Å². The van der Waals surface area contributed by atoms with Gasteiger partial charge in [0.1, 0.15) is 11.9 Å². The average Bonchev–Trinajstić information content (AvgIpc) is 3.26. The number of aryl methyl sites for hydroxylation is 3. The standard InChI is InChI=1S/C22H25N3OS/c1-25-14-13-23-21(25)20(16-9-6-4-7-10-16)24-22(26)19-15-17-11-5-2-3-8-12-18(17)27-19/h4,6-7,9-10,13-15,20H,2-3,5,8,11-12H2,1H3,(H,24,26)/t20-/m1/s1. The summed E-state index contributed by atoms with van der Waals surface area (Å²) in [7, 11) is 1.96. The van der Waals surface area contributed by atoms with Gasteiger partial charge in [-0.3, -0.25) is 4.79 Å². The molecule has 0 radical (unpaired) electrons. The van der Waals surface area contributed by atoms with Gasteiger partial charge in [0.25, 0.3) is 5.91 Å². The number of amides is 1. The molecular weight excluding hydrogens is 354 g/mol. The molecule has 0 fully saturated rings. The lowest BCUT2D eigenvalue weighted by Crippen LogP contribution is -2.30. The zero-order chi connectivity index (χ0) is 18.6. The zero-order valence-corrected chi connectivity index (χ0v) is 16.5. The molecular formula is C22H25N3OS. The Kier molecular flexibility index (Phi) is 5.39. The molecule has 0 bridgehead atoms. The minimum atomic E-state index is -0.261. The molecule has 1 aliphatic rings. The fraction of sp³-hybridized carbons (Fsp3) is 0.364. The van der Waals surface area contributed by atoms with Crippen LogP contribution < -0.4 is 5.32 Å². The van der Waals surface area contributed by atoms with E-state index < -0.39 is 0 Å². The Hall–Kier alpha value is -2.40. The monoisotopic (exact) mass is 379 g/mol. The van der Waals surface area contributed by atoms with Crippen LogP contribution in [0.3, 0.4) is 0 Å². The van der Waals surface area contributed by atoms with Crippen LogP contribution in [-0.4, -0.2) is 15.5 Å². The number of thiophene rings is 1. The Bertz CT molecular complexity index is 887. The Balaban J connectivity index is 1.61. The average molecular weight is 380 g/mol. The molecule has 140 valence electrons. The number of hydrogen-bond acceptors (Lipinski definition) is 3. The summed E-state index contributed by atoms with van der Waals surface area (Å²) < 4.78 is 1.96. The molecule has 0 saturated carbocycles. The minimum Gasteiger partial charge on any atom is -0.337 e. The first-order chi connectivity index (χ1) is 13.2. The number of benzene rings is 1. The maximum Gasteiger partial charge on any atom is 0.262 e. The number of imidazole rings is 1. The predicted octanol–water partition coefficient (Wildman–Crippen LogP) is 4.66. The van der Waals surface area contributed by atoms with Crippen LogP contribution >= 0.6 is 11.3 Å². The highest BCUT2D eigenvalue weighted by molar-refractivity contribution is 7.14. The lowest BCUT2D eigenvalue weighted by Gasteiger charge is -2.18.